The molecule has 0 aromatic heterocycles. The number of carbonyl (C=O) groups excluding carboxylic acids is 1. The second-order valence-electron chi connectivity index (χ2n) is 5.38. The molecule has 0 amide bonds. The second-order valence-corrected chi connectivity index (χ2v) is 5.38. The van der Waals surface area contributed by atoms with Crippen LogP contribution in [0.4, 0.5) is 0 Å². The highest BCUT2D eigenvalue weighted by molar-refractivity contribution is 5.71. The summed E-state index contributed by atoms with van der Waals surface area (Å²) in [5, 5.41) is 0. The van der Waals surface area contributed by atoms with Gasteiger partial charge in [-0.1, -0.05) is 42.5 Å². The average Bonchev–Trinajstić information content (AvgIpc) is 2.92. The topological polar surface area (TPSA) is 35.5 Å². The number of cyclic esters (lactones) is 1. The van der Waals surface area contributed by atoms with Crippen molar-refractivity contribution < 1.29 is 14.3 Å². The van der Waals surface area contributed by atoms with Gasteiger partial charge >= 0.3 is 5.97 Å². The molecule has 1 saturated heterocycles. The van der Waals surface area contributed by atoms with E-state index in [1.807, 2.05) is 48.5 Å². The van der Waals surface area contributed by atoms with Gasteiger partial charge in [-0.05, 0) is 29.7 Å². The van der Waals surface area contributed by atoms with Gasteiger partial charge in [0.15, 0.2) is 0 Å². The van der Waals surface area contributed by atoms with Gasteiger partial charge in [-0.25, -0.2) is 0 Å². The quantitative estimate of drug-likeness (QED) is 0.789. The molecule has 1 aliphatic rings. The first-order chi connectivity index (χ1) is 10.3. The lowest BCUT2D eigenvalue weighted by molar-refractivity contribution is -0.137. The molecular formula is C18H18O3. The SMILES string of the molecule is O=C1CC(Cc2cccc(OCc3ccccc3)c2)CO1. The maximum absolute atomic E-state index is 11.1. The highest BCUT2D eigenvalue weighted by atomic mass is 16.5. The summed E-state index contributed by atoms with van der Waals surface area (Å²) in [5.74, 6) is 1.07. The average molecular weight is 282 g/mol. The monoisotopic (exact) mass is 282 g/mol. The summed E-state index contributed by atoms with van der Waals surface area (Å²) < 4.78 is 10.8. The first-order valence-corrected chi connectivity index (χ1v) is 7.21. The molecule has 0 bridgehead atoms. The van der Waals surface area contributed by atoms with Gasteiger partial charge in [0.25, 0.3) is 0 Å². The molecule has 1 atom stereocenters. The number of benzene rings is 2. The van der Waals surface area contributed by atoms with Gasteiger partial charge in [0.1, 0.15) is 12.4 Å². The molecule has 108 valence electrons. The van der Waals surface area contributed by atoms with Crippen molar-refractivity contribution in [3.8, 4) is 5.75 Å². The molecule has 0 spiro atoms. The van der Waals surface area contributed by atoms with Gasteiger partial charge in [0.05, 0.1) is 13.0 Å². The molecule has 1 aliphatic heterocycles. The van der Waals surface area contributed by atoms with Crippen LogP contribution in [0.5, 0.6) is 5.75 Å². The summed E-state index contributed by atoms with van der Waals surface area (Å²) in [6, 6.07) is 18.2. The van der Waals surface area contributed by atoms with Gasteiger partial charge in [0.2, 0.25) is 0 Å². The number of rotatable bonds is 5. The van der Waals surface area contributed by atoms with Crippen molar-refractivity contribution >= 4 is 5.97 Å². The number of carbonyl (C=O) groups is 1. The zero-order chi connectivity index (χ0) is 14.5. The first-order valence-electron chi connectivity index (χ1n) is 7.21. The second kappa shape index (κ2) is 6.44. The lowest BCUT2D eigenvalue weighted by Gasteiger charge is -2.10. The maximum atomic E-state index is 11.1. The highest BCUT2D eigenvalue weighted by Crippen LogP contribution is 2.22. The molecule has 0 saturated carbocycles. The van der Waals surface area contributed by atoms with E-state index >= 15 is 0 Å². The fourth-order valence-corrected chi connectivity index (χ4v) is 2.53. The van der Waals surface area contributed by atoms with Crippen molar-refractivity contribution in [2.45, 2.75) is 19.4 Å². The van der Waals surface area contributed by atoms with Crippen LogP contribution >= 0.6 is 0 Å². The van der Waals surface area contributed by atoms with Crippen LogP contribution in [0.15, 0.2) is 54.6 Å². The van der Waals surface area contributed by atoms with Crippen LogP contribution in [0.3, 0.4) is 0 Å². The summed E-state index contributed by atoms with van der Waals surface area (Å²) >= 11 is 0. The Hall–Kier alpha value is -2.29. The number of hydrogen-bond donors (Lipinski definition) is 0. The molecule has 1 fully saturated rings. The zero-order valence-electron chi connectivity index (χ0n) is 11.8. The van der Waals surface area contributed by atoms with Crippen molar-refractivity contribution in [1.29, 1.82) is 0 Å². The van der Waals surface area contributed by atoms with Crippen LogP contribution in [-0.4, -0.2) is 12.6 Å². The third-order valence-corrected chi connectivity index (χ3v) is 3.61. The van der Waals surface area contributed by atoms with E-state index in [1.54, 1.807) is 0 Å². The van der Waals surface area contributed by atoms with E-state index in [0.29, 0.717) is 25.6 Å². The largest absolute Gasteiger partial charge is 0.489 e. The van der Waals surface area contributed by atoms with Gasteiger partial charge < -0.3 is 9.47 Å². The van der Waals surface area contributed by atoms with Crippen LogP contribution in [0.2, 0.25) is 0 Å². The van der Waals surface area contributed by atoms with Crippen LogP contribution in [0.25, 0.3) is 0 Å². The van der Waals surface area contributed by atoms with Crippen molar-refractivity contribution in [1.82, 2.24) is 0 Å². The predicted molar refractivity (Wildman–Crippen MR) is 80.0 cm³/mol. The van der Waals surface area contributed by atoms with E-state index in [0.717, 1.165) is 17.7 Å². The Balaban J connectivity index is 1.59. The Morgan fingerprint density at radius 3 is 2.62 bits per heavy atom. The summed E-state index contributed by atoms with van der Waals surface area (Å²) in [5.41, 5.74) is 2.33. The Morgan fingerprint density at radius 2 is 1.86 bits per heavy atom. The molecule has 0 aliphatic carbocycles. The molecule has 3 nitrogen and oxygen atoms in total. The first kappa shape index (κ1) is 13.7. The van der Waals surface area contributed by atoms with Crippen LogP contribution in [0.1, 0.15) is 17.5 Å². The Bertz CT molecular complexity index is 607. The number of hydrogen-bond acceptors (Lipinski definition) is 3. The predicted octanol–water partition coefficient (Wildman–Crippen LogP) is 3.37. The summed E-state index contributed by atoms with van der Waals surface area (Å²) in [4.78, 5) is 11.1. The fraction of sp³-hybridized carbons (Fsp3) is 0.278. The standard InChI is InChI=1S/C18H18O3/c19-18-11-16(13-21-18)9-15-7-4-8-17(10-15)20-12-14-5-2-1-3-6-14/h1-8,10,16H,9,11-13H2. The Morgan fingerprint density at radius 1 is 1.05 bits per heavy atom. The van der Waals surface area contributed by atoms with E-state index in [4.69, 9.17) is 9.47 Å². The van der Waals surface area contributed by atoms with E-state index in [1.165, 1.54) is 5.56 Å². The molecular weight excluding hydrogens is 264 g/mol. The summed E-state index contributed by atoms with van der Waals surface area (Å²) in [7, 11) is 0. The minimum absolute atomic E-state index is 0.0866. The highest BCUT2D eigenvalue weighted by Gasteiger charge is 2.23. The summed E-state index contributed by atoms with van der Waals surface area (Å²) in [6.07, 6.45) is 1.38. The number of ether oxygens (including phenoxy) is 2. The minimum Gasteiger partial charge on any atom is -0.489 e. The molecule has 1 unspecified atom stereocenters. The van der Waals surface area contributed by atoms with Gasteiger partial charge in [-0.2, -0.15) is 0 Å². The van der Waals surface area contributed by atoms with Crippen molar-refractivity contribution in [3.63, 3.8) is 0 Å². The third-order valence-electron chi connectivity index (χ3n) is 3.61. The molecule has 3 heteroatoms. The van der Waals surface area contributed by atoms with Gasteiger partial charge in [0, 0.05) is 5.92 Å². The molecule has 2 aromatic carbocycles. The molecule has 0 N–H and O–H groups in total. The molecule has 21 heavy (non-hydrogen) atoms. The van der Waals surface area contributed by atoms with E-state index in [-0.39, 0.29) is 5.97 Å². The third kappa shape index (κ3) is 3.85. The molecule has 1 heterocycles. The van der Waals surface area contributed by atoms with E-state index in [9.17, 15) is 4.79 Å². The number of esters is 1. The maximum Gasteiger partial charge on any atom is 0.306 e. The molecule has 0 radical (unpaired) electrons. The molecule has 2 aromatic rings. The van der Waals surface area contributed by atoms with Crippen molar-refractivity contribution in [2.24, 2.45) is 5.92 Å². The summed E-state index contributed by atoms with van der Waals surface area (Å²) in [6.45, 7) is 1.10. The van der Waals surface area contributed by atoms with Crippen molar-refractivity contribution in [2.75, 3.05) is 6.61 Å². The van der Waals surface area contributed by atoms with Crippen LogP contribution in [-0.2, 0) is 22.6 Å². The lowest BCUT2D eigenvalue weighted by Crippen LogP contribution is -2.04. The van der Waals surface area contributed by atoms with Gasteiger partial charge in [-0.15, -0.1) is 0 Å². The minimum atomic E-state index is -0.0866. The lowest BCUT2D eigenvalue weighted by atomic mass is 9.98. The Labute approximate surface area is 124 Å². The van der Waals surface area contributed by atoms with Gasteiger partial charge in [-0.3, -0.25) is 4.79 Å². The molecule has 3 rings (SSSR count). The normalized spacial score (nSPS) is 17.5. The van der Waals surface area contributed by atoms with Crippen molar-refractivity contribution in [3.05, 3.63) is 65.7 Å². The fourth-order valence-electron chi connectivity index (χ4n) is 2.53. The van der Waals surface area contributed by atoms with Crippen LogP contribution < -0.4 is 4.74 Å². The van der Waals surface area contributed by atoms with Crippen LogP contribution in [0, 0.1) is 5.92 Å². The Kier molecular flexibility index (Phi) is 4.20. The van der Waals surface area contributed by atoms with E-state index < -0.39 is 0 Å². The van der Waals surface area contributed by atoms with E-state index in [2.05, 4.69) is 6.07 Å². The smallest absolute Gasteiger partial charge is 0.306 e. The zero-order valence-corrected chi connectivity index (χ0v) is 11.8.